The first-order chi connectivity index (χ1) is 18.4. The van der Waals surface area contributed by atoms with Gasteiger partial charge in [0.05, 0.1) is 17.0 Å². The lowest BCUT2D eigenvalue weighted by Gasteiger charge is -2.68. The first kappa shape index (κ1) is 26.2. The molecule has 208 valence electrons. The van der Waals surface area contributed by atoms with Gasteiger partial charge in [-0.05, 0) is 88.8 Å². The number of aromatic hydroxyl groups is 1. The number of likely N-dealkylation sites (N-methyl/N-ethyl adjacent to an activating group) is 3. The number of rotatable bonds is 4. The molecular formula is C30H34F3N3O3. The molecule has 2 aromatic rings. The molecule has 1 amide bonds. The van der Waals surface area contributed by atoms with E-state index in [4.69, 9.17) is 4.74 Å². The maximum absolute atomic E-state index is 13.4. The SMILES string of the molecule is CN1CC[C@]23c4c5ccc(O)c4O[C@H]2[C@@H](N(C)C(=O)C=Cc2cccc(C(F)(F)F)c2)CC[C@@]3(N(C)C)[C@H]1C5. The van der Waals surface area contributed by atoms with Crippen LogP contribution in [0.3, 0.4) is 0 Å². The molecule has 2 fully saturated rings. The molecule has 1 spiro atoms. The molecule has 39 heavy (non-hydrogen) atoms. The van der Waals surface area contributed by atoms with Crippen molar-refractivity contribution < 1.29 is 27.8 Å². The zero-order chi connectivity index (χ0) is 27.9. The number of hydrogen-bond acceptors (Lipinski definition) is 5. The van der Waals surface area contributed by atoms with Gasteiger partial charge in [0.25, 0.3) is 0 Å². The van der Waals surface area contributed by atoms with E-state index in [1.165, 1.54) is 23.8 Å². The Balaban J connectivity index is 1.37. The molecule has 1 saturated heterocycles. The second kappa shape index (κ2) is 8.73. The van der Waals surface area contributed by atoms with E-state index in [-0.39, 0.29) is 35.4 Å². The molecule has 2 aliphatic heterocycles. The number of piperidine rings is 1. The van der Waals surface area contributed by atoms with Gasteiger partial charge in [-0.3, -0.25) is 4.79 Å². The van der Waals surface area contributed by atoms with Crippen LogP contribution in [0, 0.1) is 0 Å². The second-order valence-corrected chi connectivity index (χ2v) is 11.7. The van der Waals surface area contributed by atoms with Crippen LogP contribution < -0.4 is 4.74 Å². The molecule has 2 bridgehead atoms. The van der Waals surface area contributed by atoms with Crippen molar-refractivity contribution in [2.24, 2.45) is 0 Å². The van der Waals surface area contributed by atoms with Crippen molar-refractivity contribution in [2.45, 2.75) is 61.0 Å². The van der Waals surface area contributed by atoms with Gasteiger partial charge in [0, 0.05) is 30.3 Å². The van der Waals surface area contributed by atoms with E-state index in [0.29, 0.717) is 17.7 Å². The normalized spacial score (nSPS) is 31.3. The molecule has 1 saturated carbocycles. The molecule has 1 N–H and O–H groups in total. The van der Waals surface area contributed by atoms with Crippen molar-refractivity contribution in [2.75, 3.05) is 34.7 Å². The number of hydrogen-bond donors (Lipinski definition) is 1. The first-order valence-corrected chi connectivity index (χ1v) is 13.4. The van der Waals surface area contributed by atoms with E-state index in [1.54, 1.807) is 24.1 Å². The lowest BCUT2D eigenvalue weighted by Crippen LogP contribution is -2.81. The average Bonchev–Trinajstić information content (AvgIpc) is 3.25. The van der Waals surface area contributed by atoms with Crippen molar-refractivity contribution in [3.05, 3.63) is 64.7 Å². The first-order valence-electron chi connectivity index (χ1n) is 13.4. The number of carbonyl (C=O) groups excluding carboxylic acids is 1. The molecule has 6 rings (SSSR count). The number of phenolic OH excluding ortho intramolecular Hbond substituents is 1. The van der Waals surface area contributed by atoms with Gasteiger partial charge < -0.3 is 24.5 Å². The Morgan fingerprint density at radius 2 is 1.95 bits per heavy atom. The molecule has 2 aromatic carbocycles. The van der Waals surface area contributed by atoms with Crippen LogP contribution >= 0.6 is 0 Å². The minimum Gasteiger partial charge on any atom is -0.504 e. The fourth-order valence-corrected chi connectivity index (χ4v) is 8.31. The highest BCUT2D eigenvalue weighted by molar-refractivity contribution is 5.92. The summed E-state index contributed by atoms with van der Waals surface area (Å²) in [6, 6.07) is 8.66. The summed E-state index contributed by atoms with van der Waals surface area (Å²) >= 11 is 0. The summed E-state index contributed by atoms with van der Waals surface area (Å²) < 4.78 is 46.1. The molecule has 2 aliphatic carbocycles. The van der Waals surface area contributed by atoms with Crippen molar-refractivity contribution >= 4 is 12.0 Å². The van der Waals surface area contributed by atoms with Crippen molar-refractivity contribution in [3.8, 4) is 11.5 Å². The van der Waals surface area contributed by atoms with Crippen LogP contribution in [0.25, 0.3) is 6.08 Å². The van der Waals surface area contributed by atoms with E-state index in [9.17, 15) is 23.1 Å². The summed E-state index contributed by atoms with van der Waals surface area (Å²) in [6.45, 7) is 0.883. The highest BCUT2D eigenvalue weighted by atomic mass is 19.4. The molecule has 0 aromatic heterocycles. The van der Waals surface area contributed by atoms with Crippen LogP contribution in [0.5, 0.6) is 11.5 Å². The summed E-state index contributed by atoms with van der Waals surface area (Å²) in [4.78, 5) is 19.9. The molecule has 6 nitrogen and oxygen atoms in total. The molecular weight excluding hydrogens is 507 g/mol. The third-order valence-electron chi connectivity index (χ3n) is 9.97. The fraction of sp³-hybridized carbons (Fsp3) is 0.500. The van der Waals surface area contributed by atoms with Gasteiger partial charge in [-0.25, -0.2) is 0 Å². The van der Waals surface area contributed by atoms with Crippen LogP contribution in [0.4, 0.5) is 13.2 Å². The third kappa shape index (κ3) is 3.51. The predicted octanol–water partition coefficient (Wildman–Crippen LogP) is 4.30. The zero-order valence-corrected chi connectivity index (χ0v) is 22.6. The number of carbonyl (C=O) groups is 1. The van der Waals surface area contributed by atoms with Gasteiger partial charge in [-0.2, -0.15) is 13.2 Å². The predicted molar refractivity (Wildman–Crippen MR) is 142 cm³/mol. The topological polar surface area (TPSA) is 56.3 Å². The van der Waals surface area contributed by atoms with Crippen LogP contribution in [0.15, 0.2) is 42.5 Å². The van der Waals surface area contributed by atoms with E-state index >= 15 is 0 Å². The number of nitrogens with zero attached hydrogens (tertiary/aromatic N) is 3. The Hall–Kier alpha value is -3.04. The standard InChI is InChI=1S/C30H34F3N3O3/c1-34(2)29-13-12-21(36(4)24(38)11-8-18-6-5-7-20(16-18)30(31,32)33)27-28(29)14-15-35(3)23(29)17-19-9-10-22(37)26(39-27)25(19)28/h5-11,16,21,23,27,37H,12-15,17H2,1-4H3/t21-,23+,27-,28-,29+/m0/s1. The van der Waals surface area contributed by atoms with E-state index in [2.05, 4.69) is 30.9 Å². The minimum absolute atomic E-state index is 0.125. The van der Waals surface area contributed by atoms with E-state index in [1.807, 2.05) is 6.07 Å². The van der Waals surface area contributed by atoms with Gasteiger partial charge >= 0.3 is 6.18 Å². The van der Waals surface area contributed by atoms with Crippen molar-refractivity contribution in [1.82, 2.24) is 14.7 Å². The molecule has 2 heterocycles. The highest BCUT2D eigenvalue weighted by Crippen LogP contribution is 2.67. The Morgan fingerprint density at radius 1 is 1.18 bits per heavy atom. The Bertz CT molecular complexity index is 1360. The highest BCUT2D eigenvalue weighted by Gasteiger charge is 2.74. The second-order valence-electron chi connectivity index (χ2n) is 11.7. The summed E-state index contributed by atoms with van der Waals surface area (Å²) in [5.41, 5.74) is 1.21. The van der Waals surface area contributed by atoms with E-state index < -0.39 is 17.2 Å². The van der Waals surface area contributed by atoms with E-state index in [0.717, 1.165) is 43.5 Å². The van der Waals surface area contributed by atoms with Crippen LogP contribution in [0.2, 0.25) is 0 Å². The molecule has 0 unspecified atom stereocenters. The Labute approximate surface area is 226 Å². The Morgan fingerprint density at radius 3 is 2.67 bits per heavy atom. The molecule has 0 radical (unpaired) electrons. The van der Waals surface area contributed by atoms with Gasteiger partial charge in [-0.15, -0.1) is 0 Å². The summed E-state index contributed by atoms with van der Waals surface area (Å²) in [5.74, 6) is 0.370. The number of phenols is 1. The quantitative estimate of drug-likeness (QED) is 0.585. The summed E-state index contributed by atoms with van der Waals surface area (Å²) in [6.07, 6.45) is 1.23. The number of likely N-dealkylation sites (tertiary alicyclic amines) is 1. The smallest absolute Gasteiger partial charge is 0.416 e. The lowest BCUT2D eigenvalue weighted by molar-refractivity contribution is -0.157. The lowest BCUT2D eigenvalue weighted by atomic mass is 9.46. The zero-order valence-electron chi connectivity index (χ0n) is 22.6. The van der Waals surface area contributed by atoms with Gasteiger partial charge in [0.1, 0.15) is 6.10 Å². The average molecular weight is 542 g/mol. The third-order valence-corrected chi connectivity index (χ3v) is 9.97. The van der Waals surface area contributed by atoms with Crippen LogP contribution in [0.1, 0.15) is 41.5 Å². The fourth-order valence-electron chi connectivity index (χ4n) is 8.31. The molecule has 9 heteroatoms. The molecule has 5 atom stereocenters. The van der Waals surface area contributed by atoms with Gasteiger partial charge in [0.15, 0.2) is 11.5 Å². The van der Waals surface area contributed by atoms with Gasteiger partial charge in [0.2, 0.25) is 5.91 Å². The van der Waals surface area contributed by atoms with Gasteiger partial charge in [-0.1, -0.05) is 18.2 Å². The minimum atomic E-state index is -4.45. The van der Waals surface area contributed by atoms with Crippen LogP contribution in [-0.4, -0.2) is 84.2 Å². The monoisotopic (exact) mass is 541 g/mol. The summed E-state index contributed by atoms with van der Waals surface area (Å²) in [5, 5.41) is 10.9. The number of ether oxygens (including phenoxy) is 1. The van der Waals surface area contributed by atoms with Crippen molar-refractivity contribution in [3.63, 3.8) is 0 Å². The Kier molecular flexibility index (Phi) is 5.86. The number of halogens is 3. The maximum Gasteiger partial charge on any atom is 0.416 e. The maximum atomic E-state index is 13.4. The molecule has 4 aliphatic rings. The number of alkyl halides is 3. The largest absolute Gasteiger partial charge is 0.504 e. The van der Waals surface area contributed by atoms with Crippen LogP contribution in [-0.2, 0) is 22.8 Å². The number of benzene rings is 2. The summed E-state index contributed by atoms with van der Waals surface area (Å²) in [7, 11) is 8.18. The van der Waals surface area contributed by atoms with Crippen molar-refractivity contribution in [1.29, 1.82) is 0 Å². The number of amides is 1.